The second kappa shape index (κ2) is 12.3. The molecule has 0 bridgehead atoms. The number of hydrogen-bond acceptors (Lipinski definition) is 4. The van der Waals surface area contributed by atoms with Gasteiger partial charge in [-0.05, 0) is 75.9 Å². The zero-order valence-corrected chi connectivity index (χ0v) is 20.3. The van der Waals surface area contributed by atoms with E-state index in [9.17, 15) is 0 Å². The monoisotopic (exact) mass is 440 g/mol. The maximum atomic E-state index is 5.86. The molecule has 0 radical (unpaired) electrons. The van der Waals surface area contributed by atoms with E-state index in [1.807, 2.05) is 27.7 Å². The van der Waals surface area contributed by atoms with E-state index in [4.69, 9.17) is 18.9 Å². The molecule has 32 heavy (non-hydrogen) atoms. The van der Waals surface area contributed by atoms with E-state index in [2.05, 4.69) is 48.5 Å². The average molecular weight is 441 g/mol. The average Bonchev–Trinajstić information content (AvgIpc) is 2.80. The molecule has 2 aromatic carbocycles. The van der Waals surface area contributed by atoms with E-state index < -0.39 is 0 Å². The van der Waals surface area contributed by atoms with Crippen molar-refractivity contribution in [2.45, 2.75) is 77.4 Å². The highest BCUT2D eigenvalue weighted by atomic mass is 16.5. The van der Waals surface area contributed by atoms with Gasteiger partial charge in [0.1, 0.15) is 24.7 Å². The summed E-state index contributed by atoms with van der Waals surface area (Å²) in [4.78, 5) is 0. The van der Waals surface area contributed by atoms with E-state index in [1.165, 1.54) is 43.2 Å². The fourth-order valence-corrected chi connectivity index (χ4v) is 4.53. The molecule has 176 valence electrons. The van der Waals surface area contributed by atoms with Gasteiger partial charge in [-0.1, -0.05) is 43.5 Å². The summed E-state index contributed by atoms with van der Waals surface area (Å²) in [6.45, 7) is 10.5. The van der Waals surface area contributed by atoms with Gasteiger partial charge in [-0.3, -0.25) is 0 Å². The number of benzene rings is 2. The molecule has 1 fully saturated rings. The fourth-order valence-electron chi connectivity index (χ4n) is 4.53. The molecule has 0 atom stereocenters. The third-order valence-electron chi connectivity index (χ3n) is 6.13. The van der Waals surface area contributed by atoms with Gasteiger partial charge in [0.2, 0.25) is 0 Å². The lowest BCUT2D eigenvalue weighted by molar-refractivity contribution is 0.0552. The van der Waals surface area contributed by atoms with Crippen molar-refractivity contribution in [2.24, 2.45) is 0 Å². The first-order chi connectivity index (χ1) is 15.5. The first-order valence-electron chi connectivity index (χ1n) is 12.2. The van der Waals surface area contributed by atoms with E-state index in [0.29, 0.717) is 26.4 Å². The van der Waals surface area contributed by atoms with Gasteiger partial charge >= 0.3 is 0 Å². The van der Waals surface area contributed by atoms with Crippen molar-refractivity contribution in [3.63, 3.8) is 0 Å². The van der Waals surface area contributed by atoms with E-state index >= 15 is 0 Å². The third-order valence-corrected chi connectivity index (χ3v) is 6.13. The SMILES string of the molecule is CC(C)OCCOc1ccc(C2(c3ccc(OCCOC(C)C)cc3)CCCCC2)cc1. The number of ether oxygens (including phenoxy) is 4. The van der Waals surface area contributed by atoms with E-state index in [1.54, 1.807) is 0 Å². The van der Waals surface area contributed by atoms with Crippen LogP contribution in [-0.2, 0) is 14.9 Å². The maximum Gasteiger partial charge on any atom is 0.119 e. The molecule has 0 aromatic heterocycles. The second-order valence-corrected chi connectivity index (χ2v) is 9.23. The molecule has 1 aliphatic carbocycles. The molecule has 0 heterocycles. The van der Waals surface area contributed by atoms with Gasteiger partial charge < -0.3 is 18.9 Å². The third kappa shape index (κ3) is 6.98. The largest absolute Gasteiger partial charge is 0.491 e. The standard InChI is InChI=1S/C28H40O4/c1-22(2)29-18-20-31-26-12-8-24(9-13-26)28(16-6-5-7-17-28)25-10-14-27(15-11-25)32-21-19-30-23(3)4/h8-15,22-23H,5-7,16-21H2,1-4H3. The van der Waals surface area contributed by atoms with Crippen LogP contribution in [0.25, 0.3) is 0 Å². The Morgan fingerprint density at radius 2 is 1.00 bits per heavy atom. The van der Waals surface area contributed by atoms with Gasteiger partial charge in [-0.25, -0.2) is 0 Å². The van der Waals surface area contributed by atoms with Gasteiger partial charge in [0, 0.05) is 5.41 Å². The van der Waals surface area contributed by atoms with E-state index in [-0.39, 0.29) is 17.6 Å². The summed E-state index contributed by atoms with van der Waals surface area (Å²) in [6.07, 6.45) is 6.66. The Balaban J connectivity index is 1.67. The molecule has 1 saturated carbocycles. The van der Waals surface area contributed by atoms with Crippen LogP contribution in [0.2, 0.25) is 0 Å². The Bertz CT molecular complexity index is 713. The first-order valence-corrected chi connectivity index (χ1v) is 12.2. The lowest BCUT2D eigenvalue weighted by Crippen LogP contribution is -2.30. The predicted octanol–water partition coefficient (Wildman–Crippen LogP) is 6.54. The van der Waals surface area contributed by atoms with Gasteiger partial charge in [-0.2, -0.15) is 0 Å². The van der Waals surface area contributed by atoms with Crippen LogP contribution in [0.5, 0.6) is 11.5 Å². The van der Waals surface area contributed by atoms with Crippen LogP contribution in [0.4, 0.5) is 0 Å². The summed E-state index contributed by atoms with van der Waals surface area (Å²) in [5.74, 6) is 1.80. The summed E-state index contributed by atoms with van der Waals surface area (Å²) in [7, 11) is 0. The quantitative estimate of drug-likeness (QED) is 0.351. The molecule has 0 unspecified atom stereocenters. The Morgan fingerprint density at radius 1 is 0.594 bits per heavy atom. The van der Waals surface area contributed by atoms with Crippen molar-refractivity contribution in [3.05, 3.63) is 59.7 Å². The van der Waals surface area contributed by atoms with Crippen LogP contribution in [0.3, 0.4) is 0 Å². The van der Waals surface area contributed by atoms with E-state index in [0.717, 1.165) is 11.5 Å². The molecule has 0 N–H and O–H groups in total. The summed E-state index contributed by atoms with van der Waals surface area (Å²) >= 11 is 0. The molecule has 0 saturated heterocycles. The molecule has 0 aliphatic heterocycles. The highest BCUT2D eigenvalue weighted by Crippen LogP contribution is 2.45. The minimum absolute atomic E-state index is 0.0663. The smallest absolute Gasteiger partial charge is 0.119 e. The normalized spacial score (nSPS) is 15.8. The lowest BCUT2D eigenvalue weighted by Gasteiger charge is -2.38. The van der Waals surface area contributed by atoms with Crippen molar-refractivity contribution >= 4 is 0 Å². The molecule has 1 aliphatic rings. The first kappa shape index (κ1) is 24.6. The molecule has 0 spiro atoms. The highest BCUT2D eigenvalue weighted by Gasteiger charge is 2.35. The topological polar surface area (TPSA) is 36.9 Å². The van der Waals surface area contributed by atoms with Crippen molar-refractivity contribution < 1.29 is 18.9 Å². The number of rotatable bonds is 12. The van der Waals surface area contributed by atoms with Crippen LogP contribution >= 0.6 is 0 Å². The van der Waals surface area contributed by atoms with Crippen molar-refractivity contribution in [3.8, 4) is 11.5 Å². The maximum absolute atomic E-state index is 5.86. The van der Waals surface area contributed by atoms with Gasteiger partial charge in [0.25, 0.3) is 0 Å². The zero-order valence-electron chi connectivity index (χ0n) is 20.3. The summed E-state index contributed by atoms with van der Waals surface area (Å²) in [5.41, 5.74) is 2.82. The molecular formula is C28H40O4. The zero-order chi connectivity index (χ0) is 22.8. The number of hydrogen-bond donors (Lipinski definition) is 0. The van der Waals surface area contributed by atoms with Crippen LogP contribution < -0.4 is 9.47 Å². The molecule has 0 amide bonds. The minimum Gasteiger partial charge on any atom is -0.491 e. The summed E-state index contributed by atoms with van der Waals surface area (Å²) in [5, 5.41) is 0. The van der Waals surface area contributed by atoms with Crippen LogP contribution in [0, 0.1) is 0 Å². The van der Waals surface area contributed by atoms with Crippen LogP contribution in [0.15, 0.2) is 48.5 Å². The Morgan fingerprint density at radius 3 is 1.38 bits per heavy atom. The second-order valence-electron chi connectivity index (χ2n) is 9.23. The molecule has 4 heteroatoms. The van der Waals surface area contributed by atoms with Crippen molar-refractivity contribution in [1.29, 1.82) is 0 Å². The summed E-state index contributed by atoms with van der Waals surface area (Å²) < 4.78 is 22.9. The Kier molecular flexibility index (Phi) is 9.43. The van der Waals surface area contributed by atoms with Gasteiger partial charge in [0.05, 0.1) is 25.4 Å². The molecule has 2 aromatic rings. The van der Waals surface area contributed by atoms with Gasteiger partial charge in [-0.15, -0.1) is 0 Å². The highest BCUT2D eigenvalue weighted by molar-refractivity contribution is 5.43. The van der Waals surface area contributed by atoms with Crippen LogP contribution in [-0.4, -0.2) is 38.6 Å². The van der Waals surface area contributed by atoms with Crippen LogP contribution in [0.1, 0.15) is 70.9 Å². The van der Waals surface area contributed by atoms with Crippen molar-refractivity contribution in [1.82, 2.24) is 0 Å². The minimum atomic E-state index is 0.0663. The Labute approximate surface area is 194 Å². The molecular weight excluding hydrogens is 400 g/mol. The lowest BCUT2D eigenvalue weighted by atomic mass is 9.65. The predicted molar refractivity (Wildman–Crippen MR) is 130 cm³/mol. The molecule has 3 rings (SSSR count). The van der Waals surface area contributed by atoms with Gasteiger partial charge in [0.15, 0.2) is 0 Å². The van der Waals surface area contributed by atoms with Crippen molar-refractivity contribution in [2.75, 3.05) is 26.4 Å². The molecule has 4 nitrogen and oxygen atoms in total. The fraction of sp³-hybridized carbons (Fsp3) is 0.571. The Hall–Kier alpha value is -2.04. The summed E-state index contributed by atoms with van der Waals surface area (Å²) in [6, 6.07) is 17.4.